The van der Waals surface area contributed by atoms with Gasteiger partial charge in [-0.05, 0) is 55.2 Å². The zero-order chi connectivity index (χ0) is 30.5. The molecule has 2 atom stereocenters. The molecule has 2 aromatic rings. The fourth-order valence-corrected chi connectivity index (χ4v) is 6.85. The second-order valence-electron chi connectivity index (χ2n) is 9.93. The number of fused-ring (bicyclic) bond motifs is 1. The molecule has 0 bridgehead atoms. The van der Waals surface area contributed by atoms with Crippen LogP contribution in [-0.4, -0.2) is 61.7 Å². The molecule has 0 aromatic heterocycles. The molecular formula is C25H24F7N3O5S. The van der Waals surface area contributed by atoms with Gasteiger partial charge in [-0.15, -0.1) is 0 Å². The molecule has 0 saturated carbocycles. The van der Waals surface area contributed by atoms with Gasteiger partial charge >= 0.3 is 12.4 Å². The summed E-state index contributed by atoms with van der Waals surface area (Å²) in [6.45, 7) is 0.191. The molecule has 8 nitrogen and oxygen atoms in total. The summed E-state index contributed by atoms with van der Waals surface area (Å²) in [5.74, 6) is -2.51. The van der Waals surface area contributed by atoms with Crippen LogP contribution in [0.3, 0.4) is 0 Å². The zero-order valence-electron chi connectivity index (χ0n) is 21.0. The van der Waals surface area contributed by atoms with Gasteiger partial charge in [-0.3, -0.25) is 13.9 Å². The first-order valence-electron chi connectivity index (χ1n) is 12.2. The van der Waals surface area contributed by atoms with Crippen molar-refractivity contribution in [2.75, 3.05) is 17.4 Å². The van der Waals surface area contributed by atoms with Gasteiger partial charge < -0.3 is 15.7 Å². The van der Waals surface area contributed by atoms with Crippen LogP contribution in [0.5, 0.6) is 0 Å². The third kappa shape index (κ3) is 5.46. The molecule has 1 saturated heterocycles. The SMILES string of the molecule is NC(=O)C1CCN(C(=O)C[C@@H]2CCc3cc(C(O)(C(F)(F)F)C(F)(F)F)ccc3N2S(=O)(=O)c2ccc(F)cc2)C1. The van der Waals surface area contributed by atoms with E-state index < -0.39 is 74.4 Å². The molecule has 2 aliphatic heterocycles. The standard InChI is InChI=1S/C25H24F7N3O5S/c26-17-3-6-19(7-4-17)41(39,40)35-18(12-21(36)34-10-9-15(13-34)22(33)37)5-1-14-11-16(2-8-20(14)35)23(38,24(27,28)29)25(30,31)32/h2-4,6-8,11,15,18,38H,1,5,9-10,12-13H2,(H2,33,37)/t15?,18-/m0/s1. The van der Waals surface area contributed by atoms with Crippen molar-refractivity contribution in [3.8, 4) is 0 Å². The maximum atomic E-state index is 13.7. The Balaban J connectivity index is 1.78. The van der Waals surface area contributed by atoms with E-state index in [-0.39, 0.29) is 37.2 Å². The van der Waals surface area contributed by atoms with Crippen molar-refractivity contribution in [2.24, 2.45) is 11.7 Å². The molecule has 2 aromatic carbocycles. The van der Waals surface area contributed by atoms with Gasteiger partial charge in [0.2, 0.25) is 11.8 Å². The summed E-state index contributed by atoms with van der Waals surface area (Å²) in [6.07, 6.45) is -12.8. The van der Waals surface area contributed by atoms with Crippen molar-refractivity contribution in [1.29, 1.82) is 0 Å². The van der Waals surface area contributed by atoms with Crippen LogP contribution in [0.4, 0.5) is 36.4 Å². The molecule has 0 radical (unpaired) electrons. The Bertz CT molecular complexity index is 1430. The van der Waals surface area contributed by atoms with Gasteiger partial charge in [0, 0.05) is 25.1 Å². The van der Waals surface area contributed by atoms with Crippen LogP contribution in [0, 0.1) is 11.7 Å². The quantitative estimate of drug-likeness (QED) is 0.486. The Morgan fingerprint density at radius 3 is 2.12 bits per heavy atom. The molecule has 2 heterocycles. The summed E-state index contributed by atoms with van der Waals surface area (Å²) in [4.78, 5) is 25.5. The first-order chi connectivity index (χ1) is 18.9. The van der Waals surface area contributed by atoms with Gasteiger partial charge in [-0.1, -0.05) is 12.1 Å². The Kier molecular flexibility index (Phi) is 7.79. The van der Waals surface area contributed by atoms with E-state index in [4.69, 9.17) is 5.73 Å². The van der Waals surface area contributed by atoms with Crippen molar-refractivity contribution in [3.63, 3.8) is 0 Å². The minimum Gasteiger partial charge on any atom is -0.369 e. The largest absolute Gasteiger partial charge is 0.430 e. The first kappa shape index (κ1) is 30.6. The molecule has 4 rings (SSSR count). The second-order valence-corrected chi connectivity index (χ2v) is 11.7. The number of halogens is 7. The number of carbonyl (C=O) groups excluding carboxylic acids is 2. The predicted molar refractivity (Wildman–Crippen MR) is 129 cm³/mol. The van der Waals surface area contributed by atoms with Crippen molar-refractivity contribution < 1.29 is 53.8 Å². The lowest BCUT2D eigenvalue weighted by molar-refractivity contribution is -0.376. The fraction of sp³-hybridized carbons (Fsp3) is 0.440. The lowest BCUT2D eigenvalue weighted by atomic mass is 9.87. The van der Waals surface area contributed by atoms with Crippen LogP contribution in [0.15, 0.2) is 47.4 Å². The van der Waals surface area contributed by atoms with E-state index in [2.05, 4.69) is 0 Å². The maximum absolute atomic E-state index is 13.7. The van der Waals surface area contributed by atoms with E-state index in [1.807, 2.05) is 0 Å². The molecule has 224 valence electrons. The number of rotatable bonds is 6. The molecule has 2 aliphatic rings. The molecule has 3 N–H and O–H groups in total. The Morgan fingerprint density at radius 2 is 1.59 bits per heavy atom. The number of sulfonamides is 1. The third-order valence-corrected chi connectivity index (χ3v) is 9.24. The van der Waals surface area contributed by atoms with E-state index in [1.165, 1.54) is 4.90 Å². The zero-order valence-corrected chi connectivity index (χ0v) is 21.9. The minimum absolute atomic E-state index is 0.0129. The molecule has 1 fully saturated rings. The molecule has 0 spiro atoms. The van der Waals surface area contributed by atoms with Gasteiger partial charge in [0.25, 0.3) is 15.6 Å². The number of hydrogen-bond acceptors (Lipinski definition) is 5. The van der Waals surface area contributed by atoms with Crippen LogP contribution in [0.1, 0.15) is 30.4 Å². The van der Waals surface area contributed by atoms with Crippen molar-refractivity contribution in [1.82, 2.24) is 4.90 Å². The number of hydrogen-bond donors (Lipinski definition) is 2. The highest BCUT2D eigenvalue weighted by atomic mass is 32.2. The van der Waals surface area contributed by atoms with E-state index in [0.29, 0.717) is 24.6 Å². The number of primary amides is 1. The normalized spacial score (nSPS) is 20.2. The fourth-order valence-electron chi connectivity index (χ4n) is 5.13. The summed E-state index contributed by atoms with van der Waals surface area (Å²) >= 11 is 0. The smallest absolute Gasteiger partial charge is 0.369 e. The van der Waals surface area contributed by atoms with Gasteiger partial charge in [-0.25, -0.2) is 12.8 Å². The minimum atomic E-state index is -6.15. The molecule has 41 heavy (non-hydrogen) atoms. The summed E-state index contributed by atoms with van der Waals surface area (Å²) in [5.41, 5.74) is -2.04. The Morgan fingerprint density at radius 1 is 0.976 bits per heavy atom. The molecule has 0 aliphatic carbocycles. The summed E-state index contributed by atoms with van der Waals surface area (Å²) in [5, 5.41) is 9.84. The van der Waals surface area contributed by atoms with Gasteiger partial charge in [0.05, 0.1) is 22.5 Å². The summed E-state index contributed by atoms with van der Waals surface area (Å²) in [7, 11) is -4.62. The number of aliphatic hydroxyl groups is 1. The van der Waals surface area contributed by atoms with E-state index >= 15 is 0 Å². The van der Waals surface area contributed by atoms with E-state index in [9.17, 15) is 53.8 Å². The van der Waals surface area contributed by atoms with E-state index in [1.54, 1.807) is 0 Å². The van der Waals surface area contributed by atoms with Crippen molar-refractivity contribution >= 4 is 27.5 Å². The average molecular weight is 612 g/mol. The lowest BCUT2D eigenvalue weighted by Gasteiger charge is -2.39. The van der Waals surface area contributed by atoms with Crippen LogP contribution in [0.2, 0.25) is 0 Å². The maximum Gasteiger partial charge on any atom is 0.430 e. The van der Waals surface area contributed by atoms with Crippen molar-refractivity contribution in [3.05, 3.63) is 59.4 Å². The molecule has 1 unspecified atom stereocenters. The number of benzene rings is 2. The lowest BCUT2D eigenvalue weighted by Crippen LogP contribution is -2.54. The number of likely N-dealkylation sites (tertiary alicyclic amines) is 1. The van der Waals surface area contributed by atoms with Crippen LogP contribution in [-0.2, 0) is 31.6 Å². The number of nitrogens with zero attached hydrogens (tertiary/aromatic N) is 2. The monoisotopic (exact) mass is 611 g/mol. The average Bonchev–Trinajstić information content (AvgIpc) is 3.37. The van der Waals surface area contributed by atoms with E-state index in [0.717, 1.165) is 28.6 Å². The first-order valence-corrected chi connectivity index (χ1v) is 13.7. The van der Waals surface area contributed by atoms with Crippen molar-refractivity contribution in [2.45, 2.75) is 54.6 Å². The Hall–Kier alpha value is -3.40. The van der Waals surface area contributed by atoms with Crippen LogP contribution >= 0.6 is 0 Å². The van der Waals surface area contributed by atoms with Crippen LogP contribution in [0.25, 0.3) is 0 Å². The molecule has 16 heteroatoms. The number of anilines is 1. The highest BCUT2D eigenvalue weighted by Crippen LogP contribution is 2.51. The number of amides is 2. The topological polar surface area (TPSA) is 121 Å². The summed E-state index contributed by atoms with van der Waals surface area (Å²) in [6, 6.07) is 3.90. The van der Waals surface area contributed by atoms with Gasteiger partial charge in [-0.2, -0.15) is 26.3 Å². The second kappa shape index (κ2) is 10.5. The van der Waals surface area contributed by atoms with Gasteiger partial charge in [0.15, 0.2) is 0 Å². The highest BCUT2D eigenvalue weighted by Gasteiger charge is 2.71. The van der Waals surface area contributed by atoms with Crippen LogP contribution < -0.4 is 10.0 Å². The number of alkyl halides is 6. The Labute approximate surface area is 229 Å². The molecular weight excluding hydrogens is 587 g/mol. The predicted octanol–water partition coefficient (Wildman–Crippen LogP) is 3.37. The molecule has 2 amide bonds. The third-order valence-electron chi connectivity index (χ3n) is 7.36. The number of aryl methyl sites for hydroxylation is 1. The summed E-state index contributed by atoms with van der Waals surface area (Å²) < 4.78 is 123. The highest BCUT2D eigenvalue weighted by molar-refractivity contribution is 7.92. The number of carbonyl (C=O) groups is 2. The number of nitrogens with two attached hydrogens (primary N) is 1. The van der Waals surface area contributed by atoms with Gasteiger partial charge in [0.1, 0.15) is 5.82 Å².